The highest BCUT2D eigenvalue weighted by atomic mass is 35.5. The molecule has 0 spiro atoms. The number of aryl methyl sites for hydroxylation is 2. The van der Waals surface area contributed by atoms with Crippen molar-refractivity contribution in [3.05, 3.63) is 119 Å². The van der Waals surface area contributed by atoms with Crippen molar-refractivity contribution in [3.8, 4) is 11.5 Å². The van der Waals surface area contributed by atoms with Crippen LogP contribution in [0, 0.1) is 44.7 Å². The van der Waals surface area contributed by atoms with E-state index in [1.807, 2.05) is 54.3 Å². The summed E-state index contributed by atoms with van der Waals surface area (Å²) < 4.78 is 55.1. The molecule has 2 heterocycles. The third-order valence-corrected chi connectivity index (χ3v) is 12.8. The van der Waals surface area contributed by atoms with Crippen molar-refractivity contribution in [2.24, 2.45) is 5.92 Å². The van der Waals surface area contributed by atoms with Crippen molar-refractivity contribution in [1.82, 2.24) is 15.1 Å². The average Bonchev–Trinajstić information content (AvgIpc) is 4.20. The minimum Gasteiger partial charge on any atom is -0.496 e. The van der Waals surface area contributed by atoms with Crippen LogP contribution < -0.4 is 14.8 Å². The molecule has 0 radical (unpaired) electrons. The molecule has 3 aliphatic rings. The first kappa shape index (κ1) is 54.4. The van der Waals surface area contributed by atoms with Crippen LogP contribution >= 0.6 is 11.6 Å². The quantitative estimate of drug-likeness (QED) is 0.0249. The highest BCUT2D eigenvalue weighted by molar-refractivity contribution is 6.32. The van der Waals surface area contributed by atoms with Gasteiger partial charge in [-0.05, 0) is 124 Å². The molecule has 1 N–H and O–H groups in total. The summed E-state index contributed by atoms with van der Waals surface area (Å²) in [4.78, 5) is 88.8. The number of halogens is 3. The Morgan fingerprint density at radius 3 is 2.10 bits per heavy atom. The third-order valence-electron chi connectivity index (χ3n) is 12.5. The van der Waals surface area contributed by atoms with E-state index in [0.29, 0.717) is 36.2 Å². The van der Waals surface area contributed by atoms with Crippen LogP contribution in [0.3, 0.4) is 0 Å². The molecule has 390 valence electrons. The molecule has 1 saturated heterocycles. The maximum Gasteiger partial charge on any atom is 0.508 e. The maximum atomic E-state index is 15.5. The Morgan fingerprint density at radius 1 is 0.806 bits per heavy atom. The zero-order chi connectivity index (χ0) is 51.7. The molecule has 0 aromatic heterocycles. The molecule has 2 fully saturated rings. The highest BCUT2D eigenvalue weighted by Crippen LogP contribution is 2.46. The van der Waals surface area contributed by atoms with E-state index in [-0.39, 0.29) is 115 Å². The van der Waals surface area contributed by atoms with Crippen LogP contribution in [-0.4, -0.2) is 115 Å². The Bertz CT molecular complexity index is 2440. The van der Waals surface area contributed by atoms with Crippen LogP contribution in [0.2, 0.25) is 5.02 Å². The van der Waals surface area contributed by atoms with Gasteiger partial charge in [0, 0.05) is 30.1 Å². The number of hydrogen-bond donors (Lipinski definition) is 1. The molecule has 3 unspecified atom stereocenters. The molecule has 3 aromatic carbocycles. The van der Waals surface area contributed by atoms with Gasteiger partial charge in [-0.3, -0.25) is 14.5 Å². The number of amides is 3. The van der Waals surface area contributed by atoms with Gasteiger partial charge in [0.2, 0.25) is 5.91 Å². The fourth-order valence-electron chi connectivity index (χ4n) is 8.87. The molecule has 1 aliphatic carbocycles. The van der Waals surface area contributed by atoms with Crippen LogP contribution in [0.1, 0.15) is 86.5 Å². The minimum atomic E-state index is -0.984. The van der Waals surface area contributed by atoms with Crippen molar-refractivity contribution < 1.29 is 71.5 Å². The van der Waals surface area contributed by atoms with Gasteiger partial charge in [-0.2, -0.15) is 0 Å². The number of ether oxygens (including phenoxy) is 5. The Morgan fingerprint density at radius 2 is 1.44 bits per heavy atom. The monoisotopic (exact) mass is 1030 g/mol. The number of rotatable bonds is 27. The smallest absolute Gasteiger partial charge is 0.496 e. The van der Waals surface area contributed by atoms with Crippen molar-refractivity contribution in [2.75, 3.05) is 53.3 Å². The van der Waals surface area contributed by atoms with E-state index in [1.165, 1.54) is 0 Å². The van der Waals surface area contributed by atoms with Gasteiger partial charge in [-0.15, -0.1) is 20.2 Å². The van der Waals surface area contributed by atoms with Gasteiger partial charge in [0.15, 0.2) is 11.6 Å². The van der Waals surface area contributed by atoms with Gasteiger partial charge in [0.1, 0.15) is 23.2 Å². The summed E-state index contributed by atoms with van der Waals surface area (Å²) in [6.45, 7) is 1.46. The summed E-state index contributed by atoms with van der Waals surface area (Å²) in [5.41, 5.74) is 4.42. The molecular formula is C49H58ClF2N5O15. The van der Waals surface area contributed by atoms with Crippen molar-refractivity contribution in [1.29, 1.82) is 0 Å². The molecule has 3 aromatic rings. The van der Waals surface area contributed by atoms with E-state index in [0.717, 1.165) is 47.2 Å². The lowest BCUT2D eigenvalue weighted by Gasteiger charge is -2.49. The number of piperidine rings is 1. The number of unbranched alkanes of at least 4 members (excludes halogenated alkanes) is 2. The van der Waals surface area contributed by atoms with Crippen LogP contribution in [0.25, 0.3) is 5.57 Å². The fourth-order valence-corrected chi connectivity index (χ4v) is 9.08. The van der Waals surface area contributed by atoms with Crippen molar-refractivity contribution >= 4 is 41.2 Å². The molecule has 2 bridgehead atoms. The molecular weight excluding hydrogens is 972 g/mol. The van der Waals surface area contributed by atoms with E-state index in [2.05, 4.69) is 15.0 Å². The number of nitrogens with zero attached hydrogens (tertiary/aromatic N) is 4. The molecule has 23 heteroatoms. The summed E-state index contributed by atoms with van der Waals surface area (Å²) in [7, 11) is 1.58. The molecule has 6 rings (SSSR count). The average molecular weight is 1030 g/mol. The Kier molecular flexibility index (Phi) is 20.0. The van der Waals surface area contributed by atoms with E-state index in [1.54, 1.807) is 12.0 Å². The van der Waals surface area contributed by atoms with Gasteiger partial charge in [0.05, 0.1) is 52.7 Å². The number of methoxy groups -OCH3 is 1. The second-order valence-corrected chi connectivity index (χ2v) is 17.9. The number of carbonyl (C=O) groups excluding carboxylic acids is 4. The second kappa shape index (κ2) is 26.5. The number of fused-ring (bicyclic) bond motifs is 2. The topological polar surface area (TPSA) is 238 Å². The lowest BCUT2D eigenvalue weighted by molar-refractivity contribution is -0.757. The van der Waals surface area contributed by atoms with Crippen LogP contribution in [0.4, 0.5) is 18.4 Å². The van der Waals surface area contributed by atoms with Crippen LogP contribution in [0.5, 0.6) is 11.5 Å². The second-order valence-electron chi connectivity index (χ2n) is 17.5. The molecule has 72 heavy (non-hydrogen) atoms. The SMILES string of the molecule is COc1ccc(CN(C(=O)C2=C(c3ccc(CCCOc4c(F)ccc(F)c4Cl)cc3)CC3CC(C(=O)NCCOC(=O)OCCCCO[N+](=O)[O-])CC2N3C(=O)OCCCCO[N+](=O)[O-])C2CC2)cc1C. The summed E-state index contributed by atoms with van der Waals surface area (Å²) >= 11 is 5.93. The lowest BCUT2D eigenvalue weighted by Crippen LogP contribution is -2.59. The minimum absolute atomic E-state index is 0.0376. The van der Waals surface area contributed by atoms with Crippen molar-refractivity contribution in [2.45, 2.75) is 102 Å². The highest BCUT2D eigenvalue weighted by Gasteiger charge is 2.50. The van der Waals surface area contributed by atoms with Gasteiger partial charge in [0.25, 0.3) is 16.1 Å². The van der Waals surface area contributed by atoms with Gasteiger partial charge in [-0.1, -0.05) is 48.0 Å². The number of benzene rings is 3. The molecule has 2 aliphatic heterocycles. The van der Waals surface area contributed by atoms with E-state index < -0.39 is 57.1 Å². The standard InChI is InChI=1S/C49H58ClF2N5O15/c1-31-26-33(11-18-42(31)66-2)30-54(36-14-15-36)47(59)43-38(34-12-9-32(10-13-34)8-7-22-67-45-40(52)17-16-39(51)44(45)50)29-37-27-35(28-41(43)55(37)48(60)68-20-3-5-23-71-56(62)63)46(58)53-19-25-70-49(61)69-21-4-6-24-72-57(64)65/h9-13,16-18,26,35-37,41H,3-8,14-15,19-25,27-30H2,1-2H3,(H,53,58). The van der Waals surface area contributed by atoms with E-state index in [9.17, 15) is 43.4 Å². The van der Waals surface area contributed by atoms with E-state index >= 15 is 4.79 Å². The first-order chi connectivity index (χ1) is 34.6. The summed E-state index contributed by atoms with van der Waals surface area (Å²) in [5, 5.41) is 21.5. The lowest BCUT2D eigenvalue weighted by atomic mass is 9.73. The molecule has 3 amide bonds. The number of carbonyl (C=O) groups is 4. The zero-order valence-corrected chi connectivity index (χ0v) is 40.7. The van der Waals surface area contributed by atoms with E-state index in [4.69, 9.17) is 35.3 Å². The molecule has 3 atom stereocenters. The van der Waals surface area contributed by atoms with Gasteiger partial charge >= 0.3 is 12.2 Å². The fraction of sp³-hybridized carbons (Fsp3) is 0.510. The zero-order valence-electron chi connectivity index (χ0n) is 40.0. The largest absolute Gasteiger partial charge is 0.508 e. The summed E-state index contributed by atoms with van der Waals surface area (Å²) in [6, 6.07) is 13.5. The Hall–Kier alpha value is -6.97. The van der Waals surface area contributed by atoms with Crippen LogP contribution in [-0.2, 0) is 46.4 Å². The molecule has 20 nitrogen and oxygen atoms in total. The summed E-state index contributed by atoms with van der Waals surface area (Å²) in [6.07, 6.45) is 2.26. The van der Waals surface area contributed by atoms with Crippen LogP contribution in [0.15, 0.2) is 60.2 Å². The van der Waals surface area contributed by atoms with Crippen molar-refractivity contribution in [3.63, 3.8) is 0 Å². The van der Waals surface area contributed by atoms with Gasteiger partial charge < -0.3 is 43.6 Å². The maximum absolute atomic E-state index is 15.5. The normalized spacial score (nSPS) is 17.1. The number of nitrogens with one attached hydrogen (secondary N) is 1. The first-order valence-corrected chi connectivity index (χ1v) is 24.1. The Balaban J connectivity index is 1.24. The predicted molar refractivity (Wildman–Crippen MR) is 253 cm³/mol. The number of hydrogen-bond acceptors (Lipinski definition) is 15. The third kappa shape index (κ3) is 15.3. The Labute approximate surface area is 419 Å². The summed E-state index contributed by atoms with van der Waals surface area (Å²) in [5.74, 6) is -2.62. The first-order valence-electron chi connectivity index (χ1n) is 23.7. The van der Waals surface area contributed by atoms with Gasteiger partial charge in [-0.25, -0.2) is 18.4 Å². The predicted octanol–water partition coefficient (Wildman–Crippen LogP) is 8.13. The molecule has 1 saturated carbocycles.